The maximum atomic E-state index is 12.0. The molecule has 1 amide bonds. The topological polar surface area (TPSA) is 20.3 Å². The van der Waals surface area contributed by atoms with E-state index in [0.29, 0.717) is 6.54 Å². The Morgan fingerprint density at radius 1 is 1.05 bits per heavy atom. The summed E-state index contributed by atoms with van der Waals surface area (Å²) in [7, 11) is 1.81. The predicted molar refractivity (Wildman–Crippen MR) is 83.1 cm³/mol. The summed E-state index contributed by atoms with van der Waals surface area (Å²) in [5.41, 5.74) is 3.39. The molecule has 0 radical (unpaired) electrons. The summed E-state index contributed by atoms with van der Waals surface area (Å²) in [4.78, 5) is 13.7. The molecule has 0 spiro atoms. The number of nitrogens with zero attached hydrogens (tertiary/aromatic N) is 1. The van der Waals surface area contributed by atoms with Crippen molar-refractivity contribution in [2.75, 3.05) is 7.05 Å². The van der Waals surface area contributed by atoms with Gasteiger partial charge in [0.15, 0.2) is 0 Å². The van der Waals surface area contributed by atoms with Crippen LogP contribution in [0.3, 0.4) is 0 Å². The van der Waals surface area contributed by atoms with E-state index in [2.05, 4.69) is 0 Å². The second-order valence-corrected chi connectivity index (χ2v) is 4.92. The minimum Gasteiger partial charge on any atom is -0.338 e. The zero-order chi connectivity index (χ0) is 14.4. The van der Waals surface area contributed by atoms with E-state index in [1.807, 2.05) is 74.6 Å². The number of hydrogen-bond donors (Lipinski definition) is 0. The van der Waals surface area contributed by atoms with Gasteiger partial charge >= 0.3 is 0 Å². The number of likely N-dealkylation sites (N-methyl/N-ethyl adjacent to an activating group) is 1. The SMILES string of the molecule is Cc1ccc(/C=C/C(=O)N(C)Cc2ccccc2)cc1. The van der Waals surface area contributed by atoms with E-state index in [1.54, 1.807) is 11.0 Å². The molecule has 0 unspecified atom stereocenters. The Labute approximate surface area is 120 Å². The molecule has 102 valence electrons. The molecule has 0 fully saturated rings. The van der Waals surface area contributed by atoms with Crippen molar-refractivity contribution in [1.82, 2.24) is 4.90 Å². The van der Waals surface area contributed by atoms with Crippen LogP contribution in [-0.2, 0) is 11.3 Å². The van der Waals surface area contributed by atoms with E-state index >= 15 is 0 Å². The van der Waals surface area contributed by atoms with E-state index in [-0.39, 0.29) is 5.91 Å². The van der Waals surface area contributed by atoms with Gasteiger partial charge < -0.3 is 4.90 Å². The van der Waals surface area contributed by atoms with Crippen LogP contribution in [0.2, 0.25) is 0 Å². The van der Waals surface area contributed by atoms with Gasteiger partial charge in [-0.05, 0) is 24.1 Å². The van der Waals surface area contributed by atoms with Crippen molar-refractivity contribution in [3.05, 3.63) is 77.4 Å². The van der Waals surface area contributed by atoms with E-state index in [0.717, 1.165) is 11.1 Å². The minimum absolute atomic E-state index is 0.00873. The normalized spacial score (nSPS) is 10.7. The molecular weight excluding hydrogens is 246 g/mol. The van der Waals surface area contributed by atoms with Crippen LogP contribution in [0.4, 0.5) is 0 Å². The summed E-state index contributed by atoms with van der Waals surface area (Å²) in [6.45, 7) is 2.67. The molecule has 0 saturated carbocycles. The second kappa shape index (κ2) is 6.71. The van der Waals surface area contributed by atoms with Gasteiger partial charge in [-0.25, -0.2) is 0 Å². The molecule has 0 aromatic heterocycles. The molecule has 0 aliphatic rings. The number of carbonyl (C=O) groups is 1. The highest BCUT2D eigenvalue weighted by molar-refractivity contribution is 5.91. The molecular formula is C18H19NO. The van der Waals surface area contributed by atoms with Gasteiger partial charge in [-0.3, -0.25) is 4.79 Å². The summed E-state index contributed by atoms with van der Waals surface area (Å²) in [6.07, 6.45) is 3.47. The van der Waals surface area contributed by atoms with Crippen molar-refractivity contribution in [3.63, 3.8) is 0 Å². The van der Waals surface area contributed by atoms with E-state index < -0.39 is 0 Å². The van der Waals surface area contributed by atoms with E-state index in [9.17, 15) is 4.79 Å². The lowest BCUT2D eigenvalue weighted by molar-refractivity contribution is -0.125. The van der Waals surface area contributed by atoms with Crippen LogP contribution < -0.4 is 0 Å². The first-order valence-electron chi connectivity index (χ1n) is 6.69. The highest BCUT2D eigenvalue weighted by atomic mass is 16.2. The Balaban J connectivity index is 1.95. The van der Waals surface area contributed by atoms with Gasteiger partial charge in [0.1, 0.15) is 0 Å². The fraction of sp³-hybridized carbons (Fsp3) is 0.167. The third-order valence-corrected chi connectivity index (χ3v) is 3.13. The molecule has 0 bridgehead atoms. The number of carbonyl (C=O) groups excluding carboxylic acids is 1. The average molecular weight is 265 g/mol. The lowest BCUT2D eigenvalue weighted by Crippen LogP contribution is -2.23. The van der Waals surface area contributed by atoms with Crippen LogP contribution in [0, 0.1) is 6.92 Å². The van der Waals surface area contributed by atoms with Crippen molar-refractivity contribution in [1.29, 1.82) is 0 Å². The smallest absolute Gasteiger partial charge is 0.246 e. The third-order valence-electron chi connectivity index (χ3n) is 3.13. The van der Waals surface area contributed by atoms with E-state index in [1.165, 1.54) is 5.56 Å². The first-order chi connectivity index (χ1) is 9.65. The summed E-state index contributed by atoms with van der Waals surface area (Å²) in [6, 6.07) is 18.1. The maximum absolute atomic E-state index is 12.0. The van der Waals surface area contributed by atoms with Crippen LogP contribution in [-0.4, -0.2) is 17.9 Å². The Hall–Kier alpha value is -2.35. The molecule has 0 aliphatic carbocycles. The summed E-state index contributed by atoms with van der Waals surface area (Å²) in [5.74, 6) is 0.00873. The highest BCUT2D eigenvalue weighted by Crippen LogP contribution is 2.07. The lowest BCUT2D eigenvalue weighted by atomic mass is 10.1. The maximum Gasteiger partial charge on any atom is 0.246 e. The summed E-state index contributed by atoms with van der Waals surface area (Å²) in [5, 5.41) is 0. The fourth-order valence-corrected chi connectivity index (χ4v) is 1.91. The number of hydrogen-bond acceptors (Lipinski definition) is 1. The molecule has 0 atom stereocenters. The Morgan fingerprint density at radius 2 is 1.70 bits per heavy atom. The van der Waals surface area contributed by atoms with Crippen molar-refractivity contribution in [3.8, 4) is 0 Å². The predicted octanol–water partition coefficient (Wildman–Crippen LogP) is 3.67. The van der Waals surface area contributed by atoms with Gasteiger partial charge in [0.25, 0.3) is 0 Å². The van der Waals surface area contributed by atoms with Crippen LogP contribution in [0.5, 0.6) is 0 Å². The summed E-state index contributed by atoms with van der Waals surface area (Å²) >= 11 is 0. The lowest BCUT2D eigenvalue weighted by Gasteiger charge is -2.15. The fourth-order valence-electron chi connectivity index (χ4n) is 1.91. The summed E-state index contributed by atoms with van der Waals surface area (Å²) < 4.78 is 0. The Morgan fingerprint density at radius 3 is 2.35 bits per heavy atom. The van der Waals surface area contributed by atoms with Gasteiger partial charge in [0, 0.05) is 19.7 Å². The standard InChI is InChI=1S/C18H19NO/c1-15-8-10-16(11-9-15)12-13-18(20)19(2)14-17-6-4-3-5-7-17/h3-13H,14H2,1-2H3/b13-12+. The van der Waals surface area contributed by atoms with Gasteiger partial charge in [-0.2, -0.15) is 0 Å². The van der Waals surface area contributed by atoms with E-state index in [4.69, 9.17) is 0 Å². The molecule has 0 aliphatic heterocycles. The van der Waals surface area contributed by atoms with Crippen LogP contribution in [0.15, 0.2) is 60.7 Å². The monoisotopic (exact) mass is 265 g/mol. The number of amides is 1. The highest BCUT2D eigenvalue weighted by Gasteiger charge is 2.05. The van der Waals surface area contributed by atoms with Crippen molar-refractivity contribution >= 4 is 12.0 Å². The Bertz CT molecular complexity index is 585. The average Bonchev–Trinajstić information content (AvgIpc) is 2.47. The second-order valence-electron chi connectivity index (χ2n) is 4.92. The molecule has 2 heteroatoms. The van der Waals surface area contributed by atoms with Crippen LogP contribution in [0.1, 0.15) is 16.7 Å². The van der Waals surface area contributed by atoms with Gasteiger partial charge in [-0.15, -0.1) is 0 Å². The molecule has 2 aromatic rings. The van der Waals surface area contributed by atoms with Gasteiger partial charge in [0.2, 0.25) is 5.91 Å². The molecule has 20 heavy (non-hydrogen) atoms. The molecule has 2 rings (SSSR count). The van der Waals surface area contributed by atoms with Gasteiger partial charge in [-0.1, -0.05) is 60.2 Å². The van der Waals surface area contributed by atoms with Crippen molar-refractivity contribution < 1.29 is 4.79 Å². The first-order valence-corrected chi connectivity index (χ1v) is 6.69. The minimum atomic E-state index is 0.00873. The van der Waals surface area contributed by atoms with Gasteiger partial charge in [0.05, 0.1) is 0 Å². The van der Waals surface area contributed by atoms with Crippen LogP contribution >= 0.6 is 0 Å². The quantitative estimate of drug-likeness (QED) is 0.772. The zero-order valence-electron chi connectivity index (χ0n) is 11.9. The zero-order valence-corrected chi connectivity index (χ0v) is 11.9. The largest absolute Gasteiger partial charge is 0.338 e. The van der Waals surface area contributed by atoms with Crippen molar-refractivity contribution in [2.45, 2.75) is 13.5 Å². The molecule has 0 heterocycles. The number of rotatable bonds is 4. The molecule has 0 saturated heterocycles. The number of benzene rings is 2. The Kier molecular flexibility index (Phi) is 4.72. The molecule has 0 N–H and O–H groups in total. The molecule has 2 aromatic carbocycles. The number of aryl methyl sites for hydroxylation is 1. The van der Waals surface area contributed by atoms with Crippen molar-refractivity contribution in [2.24, 2.45) is 0 Å². The first kappa shape index (κ1) is 14.1. The molecule has 2 nitrogen and oxygen atoms in total. The van der Waals surface area contributed by atoms with Crippen LogP contribution in [0.25, 0.3) is 6.08 Å². The third kappa shape index (κ3) is 4.09.